The maximum Gasteiger partial charge on any atom is 0.226 e. The lowest BCUT2D eigenvalue weighted by Gasteiger charge is -2.50. The molecule has 2 saturated carbocycles. The van der Waals surface area contributed by atoms with Gasteiger partial charge in [-0.15, -0.1) is 23.2 Å². The predicted octanol–water partition coefficient (Wildman–Crippen LogP) is 5.52. The zero-order chi connectivity index (χ0) is 24.2. The van der Waals surface area contributed by atoms with Crippen molar-refractivity contribution >= 4 is 81.5 Å². The van der Waals surface area contributed by atoms with Crippen molar-refractivity contribution in [3.8, 4) is 0 Å². The number of nitrogens with zero attached hydrogens (tertiary/aromatic N) is 1. The molecule has 3 rings (SSSR count). The Hall–Kier alpha value is 0.420. The quantitative estimate of drug-likeness (QED) is 0.364. The molecule has 0 radical (unpaired) electrons. The fourth-order valence-electron chi connectivity index (χ4n) is 6.08. The van der Waals surface area contributed by atoms with Crippen LogP contribution in [0.3, 0.4) is 0 Å². The summed E-state index contributed by atoms with van der Waals surface area (Å²) in [4.78, 5) is 24.7. The maximum absolute atomic E-state index is 13.7. The van der Waals surface area contributed by atoms with Crippen molar-refractivity contribution in [1.29, 1.82) is 0 Å². The first-order chi connectivity index (χ1) is 14.8. The van der Waals surface area contributed by atoms with Crippen LogP contribution in [0.1, 0.15) is 52.9 Å². The number of carbonyl (C=O) groups is 2. The van der Waals surface area contributed by atoms with E-state index in [2.05, 4.69) is 0 Å². The average Bonchev–Trinajstić information content (AvgIpc) is 2.93. The molecule has 0 N–H and O–H groups in total. The Balaban J connectivity index is 2.05. The van der Waals surface area contributed by atoms with Gasteiger partial charge in [0.05, 0.1) is 10.1 Å². The second kappa shape index (κ2) is 9.47. The van der Waals surface area contributed by atoms with Crippen LogP contribution in [0.2, 0.25) is 0 Å². The topological polar surface area (TPSA) is 60.4 Å². The standard InChI is InChI=1S/C22H29Cl6NO3/c1-4-6-8-29(9-7-5-2)18(30)12-10-13-15(11(3)14(12)19(31)32)21(26)17(24)16(23)20(13,25)22(21,27)28/h11-15H,4-10H2,1-3H3,(H,31,32)/p-1/t11-,12+,13-,14-,15+,20-,21+/m1/s1. The van der Waals surface area contributed by atoms with E-state index in [-0.39, 0.29) is 22.4 Å². The Morgan fingerprint density at radius 1 is 1.00 bits per heavy atom. The Kier molecular flexibility index (Phi) is 7.99. The van der Waals surface area contributed by atoms with Gasteiger partial charge in [0.15, 0.2) is 4.33 Å². The molecule has 0 aromatic rings. The zero-order valence-electron chi connectivity index (χ0n) is 18.3. The fraction of sp³-hybridized carbons (Fsp3) is 0.818. The SMILES string of the molecule is CCCCN(CCCC)C(=O)[C@H]1C[C@@H]2[C@H]([C@H](C)[C@H]1C(=O)[O-])[C@]1(Cl)C(Cl)=C(Cl)[C@@]2(Cl)C1(Cl)Cl. The van der Waals surface area contributed by atoms with E-state index in [1.54, 1.807) is 11.8 Å². The highest BCUT2D eigenvalue weighted by Gasteiger charge is 2.83. The Morgan fingerprint density at radius 3 is 1.97 bits per heavy atom. The number of carbonyl (C=O) groups excluding carboxylic acids is 2. The smallest absolute Gasteiger partial charge is 0.226 e. The minimum atomic E-state index is -1.76. The second-order valence-corrected chi connectivity index (χ2v) is 12.6. The van der Waals surface area contributed by atoms with Gasteiger partial charge >= 0.3 is 0 Å². The summed E-state index contributed by atoms with van der Waals surface area (Å²) in [6, 6.07) is 0. The van der Waals surface area contributed by atoms with Crippen molar-refractivity contribution in [2.75, 3.05) is 13.1 Å². The molecule has 7 atom stereocenters. The van der Waals surface area contributed by atoms with Gasteiger partial charge in [0.2, 0.25) is 5.91 Å². The zero-order valence-corrected chi connectivity index (χ0v) is 22.8. The first-order valence-corrected chi connectivity index (χ1v) is 13.4. The number of hydrogen-bond acceptors (Lipinski definition) is 3. The summed E-state index contributed by atoms with van der Waals surface area (Å²) in [7, 11) is 0. The van der Waals surface area contributed by atoms with Crippen LogP contribution in [0.5, 0.6) is 0 Å². The number of halogens is 6. The van der Waals surface area contributed by atoms with Gasteiger partial charge in [-0.25, -0.2) is 0 Å². The number of fused-ring (bicyclic) bond motifs is 5. The molecule has 0 spiro atoms. The summed E-state index contributed by atoms with van der Waals surface area (Å²) in [6.07, 6.45) is 3.65. The van der Waals surface area contributed by atoms with Gasteiger partial charge in [-0.2, -0.15) is 0 Å². The molecular weight excluding hydrogens is 539 g/mol. The summed E-state index contributed by atoms with van der Waals surface area (Å²) in [5.41, 5.74) is 0. The highest BCUT2D eigenvalue weighted by atomic mass is 35.5. The monoisotopic (exact) mass is 564 g/mol. The third-order valence-electron chi connectivity index (χ3n) is 7.69. The summed E-state index contributed by atoms with van der Waals surface area (Å²) in [6.45, 7) is 6.96. The third kappa shape index (κ3) is 3.53. The van der Waals surface area contributed by atoms with Gasteiger partial charge < -0.3 is 14.8 Å². The van der Waals surface area contributed by atoms with E-state index in [1.807, 2.05) is 13.8 Å². The molecule has 0 aromatic heterocycles. The van der Waals surface area contributed by atoms with Crippen LogP contribution >= 0.6 is 69.6 Å². The number of carboxylic acid groups (broad SMARTS) is 1. The summed E-state index contributed by atoms with van der Waals surface area (Å²) < 4.78 is -1.76. The van der Waals surface area contributed by atoms with E-state index in [9.17, 15) is 14.7 Å². The molecule has 2 bridgehead atoms. The Morgan fingerprint density at radius 2 is 1.50 bits per heavy atom. The van der Waals surface area contributed by atoms with E-state index in [0.717, 1.165) is 25.7 Å². The number of unbranched alkanes of at least 4 members (excludes halogenated alkanes) is 2. The van der Waals surface area contributed by atoms with E-state index >= 15 is 0 Å². The first kappa shape index (κ1) is 27.0. The third-order valence-corrected chi connectivity index (χ3v) is 12.0. The predicted molar refractivity (Wildman–Crippen MR) is 129 cm³/mol. The largest absolute Gasteiger partial charge is 0.550 e. The van der Waals surface area contributed by atoms with Gasteiger partial charge in [0.1, 0.15) is 9.75 Å². The van der Waals surface area contributed by atoms with Gasteiger partial charge in [-0.05, 0) is 37.0 Å². The molecule has 0 unspecified atom stereocenters. The van der Waals surface area contributed by atoms with Gasteiger partial charge in [-0.1, -0.05) is 80.0 Å². The average molecular weight is 567 g/mol. The molecule has 0 saturated heterocycles. The lowest BCUT2D eigenvalue weighted by Crippen LogP contribution is -2.57. The first-order valence-electron chi connectivity index (χ1n) is 11.1. The highest BCUT2D eigenvalue weighted by molar-refractivity contribution is 6.65. The summed E-state index contributed by atoms with van der Waals surface area (Å²) in [5.74, 6) is -5.14. The highest BCUT2D eigenvalue weighted by Crippen LogP contribution is 2.79. The number of hydrogen-bond donors (Lipinski definition) is 0. The van der Waals surface area contributed by atoms with Gasteiger partial charge in [0.25, 0.3) is 0 Å². The number of rotatable bonds is 8. The van der Waals surface area contributed by atoms with Crippen LogP contribution in [-0.2, 0) is 9.59 Å². The summed E-state index contributed by atoms with van der Waals surface area (Å²) >= 11 is 40.4. The maximum atomic E-state index is 13.7. The number of aliphatic carboxylic acids is 1. The molecule has 1 amide bonds. The normalized spacial score (nSPS) is 39.8. The lowest BCUT2D eigenvalue weighted by atomic mass is 9.58. The Labute approximate surface area is 219 Å². The van der Waals surface area contributed by atoms with Crippen molar-refractivity contribution in [2.45, 2.75) is 67.0 Å². The molecule has 182 valence electrons. The van der Waals surface area contributed by atoms with Crippen molar-refractivity contribution in [2.24, 2.45) is 29.6 Å². The number of amides is 1. The van der Waals surface area contributed by atoms with E-state index in [1.165, 1.54) is 0 Å². The van der Waals surface area contributed by atoms with E-state index in [4.69, 9.17) is 69.6 Å². The van der Waals surface area contributed by atoms with Crippen molar-refractivity contribution in [1.82, 2.24) is 4.90 Å². The van der Waals surface area contributed by atoms with Crippen LogP contribution in [-0.4, -0.2) is 43.9 Å². The molecule has 32 heavy (non-hydrogen) atoms. The van der Waals surface area contributed by atoms with Crippen molar-refractivity contribution in [3.63, 3.8) is 0 Å². The number of alkyl halides is 4. The van der Waals surface area contributed by atoms with Gasteiger partial charge in [0, 0.05) is 30.9 Å². The Bertz CT molecular complexity index is 811. The van der Waals surface area contributed by atoms with Crippen LogP contribution in [0.15, 0.2) is 10.1 Å². The molecule has 0 aliphatic heterocycles. The molecule has 3 aliphatic rings. The molecule has 0 heterocycles. The number of allylic oxidation sites excluding steroid dienone is 2. The van der Waals surface area contributed by atoms with Crippen LogP contribution in [0.25, 0.3) is 0 Å². The van der Waals surface area contributed by atoms with Crippen molar-refractivity contribution < 1.29 is 14.7 Å². The van der Waals surface area contributed by atoms with Crippen LogP contribution in [0.4, 0.5) is 0 Å². The molecule has 0 aromatic carbocycles. The molecule has 10 heteroatoms. The van der Waals surface area contributed by atoms with Crippen LogP contribution < -0.4 is 5.11 Å². The van der Waals surface area contributed by atoms with Crippen molar-refractivity contribution in [3.05, 3.63) is 10.1 Å². The van der Waals surface area contributed by atoms with E-state index < -0.39 is 49.6 Å². The minimum absolute atomic E-state index is 0.0447. The van der Waals surface area contributed by atoms with Crippen LogP contribution in [0, 0.1) is 29.6 Å². The molecular formula is C22H28Cl6NO3-. The molecule has 4 nitrogen and oxygen atoms in total. The molecule has 2 fully saturated rings. The second-order valence-electron chi connectivity index (χ2n) is 9.34. The number of carboxylic acids is 1. The summed E-state index contributed by atoms with van der Waals surface area (Å²) in [5, 5.41) is 12.4. The lowest BCUT2D eigenvalue weighted by molar-refractivity contribution is -0.317. The molecule has 3 aliphatic carbocycles. The fourth-order valence-corrected chi connectivity index (χ4v) is 9.24. The van der Waals surface area contributed by atoms with E-state index in [0.29, 0.717) is 13.1 Å². The van der Waals surface area contributed by atoms with Gasteiger partial charge in [-0.3, -0.25) is 4.79 Å². The minimum Gasteiger partial charge on any atom is -0.550 e.